The molecule has 3 heterocycles. The topological polar surface area (TPSA) is 95.4 Å². The normalized spacial score (nSPS) is 14.8. The summed E-state index contributed by atoms with van der Waals surface area (Å²) in [4.78, 5) is 11.5. The number of pyridine rings is 2. The molecule has 228 valence electrons. The summed E-state index contributed by atoms with van der Waals surface area (Å²) < 4.78 is 30.8. The Balaban J connectivity index is 1.85. The van der Waals surface area contributed by atoms with E-state index >= 15 is 0 Å². The van der Waals surface area contributed by atoms with Gasteiger partial charge in [0.2, 0.25) is 17.6 Å². The van der Waals surface area contributed by atoms with E-state index in [1.807, 2.05) is 75.3 Å². The number of hydrogen-bond donors (Lipinski definition) is 1. The van der Waals surface area contributed by atoms with Crippen molar-refractivity contribution >= 4 is 26.8 Å². The molecule has 0 amide bonds. The van der Waals surface area contributed by atoms with E-state index in [2.05, 4.69) is 20.9 Å². The maximum atomic E-state index is 13.3. The van der Waals surface area contributed by atoms with Crippen LogP contribution in [0.1, 0.15) is 42.9 Å². The second-order valence-electron chi connectivity index (χ2n) is 10.6. The van der Waals surface area contributed by atoms with Crippen molar-refractivity contribution in [2.24, 2.45) is 0 Å². The Morgan fingerprint density at radius 2 is 1.67 bits per heavy atom. The molecule has 1 aliphatic rings. The molecule has 9 nitrogen and oxygen atoms in total. The molecule has 0 saturated heterocycles. The summed E-state index contributed by atoms with van der Waals surface area (Å²) in [6, 6.07) is 17.3. The Morgan fingerprint density at radius 1 is 0.953 bits per heavy atom. The van der Waals surface area contributed by atoms with Crippen molar-refractivity contribution in [2.75, 3.05) is 54.2 Å². The summed E-state index contributed by atoms with van der Waals surface area (Å²) in [5, 5.41) is 14.2. The lowest BCUT2D eigenvalue weighted by Crippen LogP contribution is -2.38. The van der Waals surface area contributed by atoms with Crippen LogP contribution in [0.25, 0.3) is 10.9 Å². The molecule has 1 N–H and O–H groups in total. The monoisotopic (exact) mass is 651 g/mol. The predicted molar refractivity (Wildman–Crippen MR) is 169 cm³/mol. The van der Waals surface area contributed by atoms with Gasteiger partial charge in [0.05, 0.1) is 31.8 Å². The first kappa shape index (κ1) is 30.8. The summed E-state index contributed by atoms with van der Waals surface area (Å²) in [6.07, 6.45) is 0.343. The molecule has 0 spiro atoms. The van der Waals surface area contributed by atoms with Crippen molar-refractivity contribution in [3.63, 3.8) is 0 Å². The van der Waals surface area contributed by atoms with Crippen molar-refractivity contribution in [3.05, 3.63) is 75.8 Å². The van der Waals surface area contributed by atoms with Crippen LogP contribution < -0.4 is 23.7 Å². The van der Waals surface area contributed by atoms with Crippen LogP contribution in [0.4, 0.5) is 0 Å². The molecule has 5 rings (SSSR count). The zero-order chi connectivity index (χ0) is 30.6. The van der Waals surface area contributed by atoms with Crippen molar-refractivity contribution < 1.29 is 28.8 Å². The van der Waals surface area contributed by atoms with E-state index in [1.165, 1.54) is 0 Å². The lowest BCUT2D eigenvalue weighted by atomic mass is 9.71. The van der Waals surface area contributed by atoms with E-state index in [1.54, 1.807) is 19.2 Å². The average Bonchev–Trinajstić information content (AvgIpc) is 3.00. The number of ether oxygens (including phenoxy) is 5. The van der Waals surface area contributed by atoms with Crippen molar-refractivity contribution in [3.8, 4) is 29.1 Å². The molecule has 2 unspecified atom stereocenters. The van der Waals surface area contributed by atoms with Gasteiger partial charge in [-0.25, -0.2) is 4.98 Å². The number of fused-ring (bicyclic) bond motifs is 2. The quantitative estimate of drug-likeness (QED) is 0.200. The first-order valence-corrected chi connectivity index (χ1v) is 15.2. The number of benzene rings is 2. The maximum Gasteiger partial charge on any atom is 0.217 e. The second kappa shape index (κ2) is 13.4. The highest BCUT2D eigenvalue weighted by Gasteiger charge is 2.45. The third-order valence-electron chi connectivity index (χ3n) is 7.46. The van der Waals surface area contributed by atoms with Crippen LogP contribution in [-0.4, -0.2) is 74.2 Å². The average molecular weight is 653 g/mol. The van der Waals surface area contributed by atoms with Gasteiger partial charge in [-0.1, -0.05) is 28.1 Å². The number of aliphatic hydroxyl groups is 1. The zero-order valence-corrected chi connectivity index (χ0v) is 26.8. The van der Waals surface area contributed by atoms with Crippen LogP contribution in [-0.2, 0) is 5.60 Å². The minimum atomic E-state index is -1.53. The van der Waals surface area contributed by atoms with Crippen molar-refractivity contribution in [2.45, 2.75) is 31.8 Å². The third kappa shape index (κ3) is 6.51. The highest BCUT2D eigenvalue weighted by molar-refractivity contribution is 9.10. The lowest BCUT2D eigenvalue weighted by molar-refractivity contribution is 0.00206. The van der Waals surface area contributed by atoms with E-state index in [4.69, 9.17) is 28.7 Å². The van der Waals surface area contributed by atoms with E-state index in [-0.39, 0.29) is 0 Å². The minimum Gasteiger partial charge on any atom is -0.486 e. The van der Waals surface area contributed by atoms with Crippen molar-refractivity contribution in [1.82, 2.24) is 14.9 Å². The molecule has 0 fully saturated rings. The smallest absolute Gasteiger partial charge is 0.217 e. The van der Waals surface area contributed by atoms with Gasteiger partial charge in [0, 0.05) is 39.7 Å². The molecule has 4 aromatic rings. The number of para-hydroxylation sites is 1. The summed E-state index contributed by atoms with van der Waals surface area (Å²) in [6.45, 7) is 6.03. The number of halogens is 1. The molecule has 1 aliphatic heterocycles. The van der Waals surface area contributed by atoms with Crippen LogP contribution in [0.2, 0.25) is 0 Å². The van der Waals surface area contributed by atoms with Crippen LogP contribution in [0.3, 0.4) is 0 Å². The van der Waals surface area contributed by atoms with Crippen LogP contribution in [0, 0.1) is 0 Å². The van der Waals surface area contributed by atoms with Gasteiger partial charge in [0.15, 0.2) is 11.5 Å². The van der Waals surface area contributed by atoms with Gasteiger partial charge in [-0.15, -0.1) is 0 Å². The zero-order valence-electron chi connectivity index (χ0n) is 25.2. The van der Waals surface area contributed by atoms with Crippen LogP contribution in [0.15, 0.2) is 59.1 Å². The van der Waals surface area contributed by atoms with Crippen LogP contribution >= 0.6 is 15.9 Å². The Kier molecular flexibility index (Phi) is 9.59. The first-order valence-electron chi connectivity index (χ1n) is 14.4. The molecule has 0 bridgehead atoms. The summed E-state index contributed by atoms with van der Waals surface area (Å²) in [5.74, 6) is 1.64. The van der Waals surface area contributed by atoms with Crippen LogP contribution in [0.5, 0.6) is 29.1 Å². The maximum absolute atomic E-state index is 13.3. The molecular formula is C33H38BrN3O6. The largest absolute Gasteiger partial charge is 0.486 e. The Morgan fingerprint density at radius 3 is 2.35 bits per heavy atom. The predicted octanol–water partition coefficient (Wildman–Crippen LogP) is 5.94. The van der Waals surface area contributed by atoms with Gasteiger partial charge in [-0.2, -0.15) is 4.98 Å². The Hall–Kier alpha value is -3.60. The number of nitrogens with zero attached hydrogens (tertiary/aromatic N) is 3. The standard InChI is InChI=1S/C33H38BrN3O6/c1-6-40-28-19-22(20-29(36-28)41-7-2)33(38,13-14-37(3)4)30(24-9-8-10-27-31(24)43-16-15-42-27)25-18-21-17-23(34)11-12-26(21)35-32(25)39-5/h8-12,17-20,30,38H,6-7,13-16H2,1-5H3. The number of rotatable bonds is 12. The molecular weight excluding hydrogens is 614 g/mol. The summed E-state index contributed by atoms with van der Waals surface area (Å²) >= 11 is 3.60. The molecule has 0 radical (unpaired) electrons. The van der Waals surface area contributed by atoms with E-state index in [9.17, 15) is 5.11 Å². The van der Waals surface area contributed by atoms with Gasteiger partial charge in [0.1, 0.15) is 18.8 Å². The first-order chi connectivity index (χ1) is 20.8. The second-order valence-corrected chi connectivity index (χ2v) is 11.5. The van der Waals surface area contributed by atoms with E-state index in [0.29, 0.717) is 79.7 Å². The molecule has 2 atom stereocenters. The minimum absolute atomic E-state index is 0.343. The molecule has 2 aromatic heterocycles. The SMILES string of the molecule is CCOc1cc(C(O)(CCN(C)C)C(c2cc3cc(Br)ccc3nc2OC)c2cccc3c2OCCO3)cc(OCC)n1. The van der Waals surface area contributed by atoms with Gasteiger partial charge in [-0.05, 0) is 70.3 Å². The number of hydrogen-bond acceptors (Lipinski definition) is 9. The summed E-state index contributed by atoms with van der Waals surface area (Å²) in [7, 11) is 5.56. The molecule has 10 heteroatoms. The lowest BCUT2D eigenvalue weighted by Gasteiger charge is -2.40. The van der Waals surface area contributed by atoms with E-state index < -0.39 is 11.5 Å². The van der Waals surface area contributed by atoms with Gasteiger partial charge in [0.25, 0.3) is 0 Å². The number of aromatic nitrogens is 2. The van der Waals surface area contributed by atoms with Crippen molar-refractivity contribution in [1.29, 1.82) is 0 Å². The van der Waals surface area contributed by atoms with Gasteiger partial charge < -0.3 is 33.7 Å². The highest BCUT2D eigenvalue weighted by Crippen LogP contribution is 2.52. The fourth-order valence-electron chi connectivity index (χ4n) is 5.55. The Labute approximate surface area is 260 Å². The van der Waals surface area contributed by atoms with E-state index in [0.717, 1.165) is 20.9 Å². The highest BCUT2D eigenvalue weighted by atomic mass is 79.9. The molecule has 2 aromatic carbocycles. The molecule has 43 heavy (non-hydrogen) atoms. The number of methoxy groups -OCH3 is 1. The van der Waals surface area contributed by atoms with Gasteiger partial charge >= 0.3 is 0 Å². The third-order valence-corrected chi connectivity index (χ3v) is 7.96. The Bertz CT molecular complexity index is 1560. The summed E-state index contributed by atoms with van der Waals surface area (Å²) in [5.41, 5.74) is 1.28. The fraction of sp³-hybridized carbons (Fsp3) is 0.394. The molecule has 0 saturated carbocycles. The molecule has 0 aliphatic carbocycles. The fourth-order valence-corrected chi connectivity index (χ4v) is 5.92. The van der Waals surface area contributed by atoms with Gasteiger partial charge in [-0.3, -0.25) is 0 Å².